The Kier molecular flexibility index (Phi) is 6.90. The van der Waals surface area contributed by atoms with Crippen LogP contribution in [0.2, 0.25) is 0 Å². The molecule has 24 heavy (non-hydrogen) atoms. The number of morpholine rings is 1. The zero-order valence-electron chi connectivity index (χ0n) is 13.8. The van der Waals surface area contributed by atoms with E-state index in [0.29, 0.717) is 0 Å². The second kappa shape index (κ2) is 8.44. The number of hydrogen-bond donors (Lipinski definition) is 1. The molecule has 9 nitrogen and oxygen atoms in total. The van der Waals surface area contributed by atoms with E-state index in [4.69, 9.17) is 9.47 Å². The summed E-state index contributed by atoms with van der Waals surface area (Å²) in [6, 6.07) is 0. The van der Waals surface area contributed by atoms with E-state index in [9.17, 15) is 24.3 Å². The normalized spacial score (nSPS) is 16.5. The van der Waals surface area contributed by atoms with Crippen molar-refractivity contribution in [3.63, 3.8) is 0 Å². The lowest BCUT2D eigenvalue weighted by atomic mass is 9.86. The lowest BCUT2D eigenvalue weighted by molar-refractivity contribution is -0.165. The van der Waals surface area contributed by atoms with Crippen LogP contribution in [0, 0.1) is 5.41 Å². The highest BCUT2D eigenvalue weighted by Gasteiger charge is 2.38. The average molecular weight is 343 g/mol. The third-order valence-corrected chi connectivity index (χ3v) is 3.37. The summed E-state index contributed by atoms with van der Waals surface area (Å²) < 4.78 is 14.0. The number of hydrogen-bond acceptors (Lipinski definition) is 8. The molecule has 9 heteroatoms. The van der Waals surface area contributed by atoms with Crippen molar-refractivity contribution in [1.82, 2.24) is 4.90 Å². The van der Waals surface area contributed by atoms with Crippen molar-refractivity contribution in [2.45, 2.75) is 20.0 Å². The first-order valence-corrected chi connectivity index (χ1v) is 7.22. The zero-order chi connectivity index (χ0) is 18.3. The molecule has 1 N–H and O–H groups in total. The molecule has 1 aliphatic heterocycles. The van der Waals surface area contributed by atoms with Gasteiger partial charge in [0, 0.05) is 17.6 Å². The molecule has 134 valence electrons. The molecule has 1 fully saturated rings. The van der Waals surface area contributed by atoms with Crippen LogP contribution < -0.4 is 0 Å². The number of ether oxygens (including phenoxy) is 3. The van der Waals surface area contributed by atoms with E-state index in [1.807, 2.05) is 0 Å². The van der Waals surface area contributed by atoms with Crippen LogP contribution in [-0.4, -0.2) is 73.3 Å². The Labute approximate surface area is 139 Å². The fourth-order valence-corrected chi connectivity index (χ4v) is 1.83. The average Bonchev–Trinajstić information content (AvgIpc) is 2.56. The molecule has 1 rings (SSSR count). The first kappa shape index (κ1) is 19.6. The Bertz CT molecular complexity index is 540. The zero-order valence-corrected chi connectivity index (χ0v) is 13.8. The van der Waals surface area contributed by atoms with E-state index in [1.165, 1.54) is 25.9 Å². The second-order valence-electron chi connectivity index (χ2n) is 5.84. The van der Waals surface area contributed by atoms with Crippen LogP contribution in [0.25, 0.3) is 0 Å². The summed E-state index contributed by atoms with van der Waals surface area (Å²) in [6.07, 6.45) is 0.313. The van der Waals surface area contributed by atoms with Gasteiger partial charge in [-0.05, 0) is 0 Å². The van der Waals surface area contributed by atoms with Crippen molar-refractivity contribution in [3.8, 4) is 0 Å². The standard InChI is InChI=1S/C15H21NO8/c1-15(2,9-24-11(18)5-4-10(17)22-3)13(20)14(21)16-6-7-23-12(19)8-16/h4-5,13,20H,6-9H2,1-3H3/b5-4+/t13-/m0/s1. The van der Waals surface area contributed by atoms with Crippen molar-refractivity contribution in [3.05, 3.63) is 12.2 Å². The minimum absolute atomic E-state index is 0.0744. The summed E-state index contributed by atoms with van der Waals surface area (Å²) in [7, 11) is 1.17. The molecule has 0 aromatic carbocycles. The fraction of sp³-hybridized carbons (Fsp3) is 0.600. The molecule has 1 atom stereocenters. The molecular formula is C15H21NO8. The van der Waals surface area contributed by atoms with E-state index in [1.54, 1.807) is 0 Å². The highest BCUT2D eigenvalue weighted by molar-refractivity contribution is 5.91. The predicted octanol–water partition coefficient (Wildman–Crippen LogP) is -0.969. The lowest BCUT2D eigenvalue weighted by Gasteiger charge is -2.34. The fourth-order valence-electron chi connectivity index (χ4n) is 1.83. The number of aliphatic hydroxyl groups excluding tert-OH is 1. The van der Waals surface area contributed by atoms with Gasteiger partial charge in [-0.2, -0.15) is 0 Å². The first-order chi connectivity index (χ1) is 11.2. The predicted molar refractivity (Wildman–Crippen MR) is 79.4 cm³/mol. The van der Waals surface area contributed by atoms with Crippen molar-refractivity contribution >= 4 is 23.8 Å². The van der Waals surface area contributed by atoms with Crippen LogP contribution in [-0.2, 0) is 33.4 Å². The molecule has 1 saturated heterocycles. The molecule has 0 aromatic heterocycles. The van der Waals surface area contributed by atoms with Gasteiger partial charge in [-0.1, -0.05) is 13.8 Å². The summed E-state index contributed by atoms with van der Waals surface area (Å²) in [4.78, 5) is 47.0. The van der Waals surface area contributed by atoms with Crippen molar-refractivity contribution in [2.75, 3.05) is 33.4 Å². The summed E-state index contributed by atoms with van der Waals surface area (Å²) >= 11 is 0. The van der Waals surface area contributed by atoms with Gasteiger partial charge in [0.1, 0.15) is 19.3 Å². The Hall–Kier alpha value is -2.42. The number of amides is 1. The molecule has 0 radical (unpaired) electrons. The van der Waals surface area contributed by atoms with Gasteiger partial charge < -0.3 is 24.2 Å². The second-order valence-corrected chi connectivity index (χ2v) is 5.84. The maximum Gasteiger partial charge on any atom is 0.331 e. The van der Waals surface area contributed by atoms with Crippen molar-refractivity contribution in [2.24, 2.45) is 5.41 Å². The Morgan fingerprint density at radius 3 is 2.54 bits per heavy atom. The molecular weight excluding hydrogens is 322 g/mol. The van der Waals surface area contributed by atoms with E-state index in [-0.39, 0.29) is 26.3 Å². The summed E-state index contributed by atoms with van der Waals surface area (Å²) in [5, 5.41) is 10.2. The van der Waals surface area contributed by atoms with Gasteiger partial charge in [0.05, 0.1) is 20.3 Å². The van der Waals surface area contributed by atoms with Gasteiger partial charge in [0.15, 0.2) is 0 Å². The minimum atomic E-state index is -1.47. The third kappa shape index (κ3) is 5.65. The van der Waals surface area contributed by atoms with Crippen LogP contribution >= 0.6 is 0 Å². The smallest absolute Gasteiger partial charge is 0.331 e. The molecule has 0 aromatic rings. The van der Waals surface area contributed by atoms with Gasteiger partial charge in [-0.25, -0.2) is 9.59 Å². The molecule has 1 amide bonds. The first-order valence-electron chi connectivity index (χ1n) is 7.22. The third-order valence-electron chi connectivity index (χ3n) is 3.37. The molecule has 1 aliphatic rings. The number of methoxy groups -OCH3 is 1. The number of esters is 3. The van der Waals surface area contributed by atoms with E-state index >= 15 is 0 Å². The quantitative estimate of drug-likeness (QED) is 0.372. The van der Waals surface area contributed by atoms with Gasteiger partial charge in [0.2, 0.25) is 0 Å². The van der Waals surface area contributed by atoms with Gasteiger partial charge in [0.25, 0.3) is 5.91 Å². The molecule has 0 unspecified atom stereocenters. The van der Waals surface area contributed by atoms with Gasteiger partial charge >= 0.3 is 17.9 Å². The summed E-state index contributed by atoms with van der Waals surface area (Å²) in [5.74, 6) is -2.70. The SMILES string of the molecule is COC(=O)/C=C/C(=O)OCC(C)(C)[C@@H](O)C(=O)N1CCOC(=O)C1. The van der Waals surface area contributed by atoms with Crippen LogP contribution in [0.15, 0.2) is 12.2 Å². The Morgan fingerprint density at radius 1 is 1.33 bits per heavy atom. The Morgan fingerprint density at radius 2 is 1.96 bits per heavy atom. The molecule has 0 bridgehead atoms. The number of rotatable bonds is 6. The van der Waals surface area contributed by atoms with Crippen LogP contribution in [0.5, 0.6) is 0 Å². The highest BCUT2D eigenvalue weighted by atomic mass is 16.5. The van der Waals surface area contributed by atoms with Crippen molar-refractivity contribution < 1.29 is 38.5 Å². The maximum atomic E-state index is 12.2. The molecule has 0 spiro atoms. The van der Waals surface area contributed by atoms with E-state index in [0.717, 1.165) is 12.2 Å². The molecule has 0 aliphatic carbocycles. The minimum Gasteiger partial charge on any atom is -0.466 e. The monoisotopic (exact) mass is 343 g/mol. The largest absolute Gasteiger partial charge is 0.466 e. The summed E-state index contributed by atoms with van der Waals surface area (Å²) in [5.41, 5.74) is -1.09. The Balaban J connectivity index is 2.58. The van der Waals surface area contributed by atoms with E-state index in [2.05, 4.69) is 4.74 Å². The van der Waals surface area contributed by atoms with Gasteiger partial charge in [-0.3, -0.25) is 9.59 Å². The van der Waals surface area contributed by atoms with Crippen molar-refractivity contribution in [1.29, 1.82) is 0 Å². The lowest BCUT2D eigenvalue weighted by Crippen LogP contribution is -2.52. The molecule has 1 heterocycles. The summed E-state index contributed by atoms with van der Waals surface area (Å²) in [6.45, 7) is 2.85. The van der Waals surface area contributed by atoms with E-state index < -0.39 is 35.3 Å². The van der Waals surface area contributed by atoms with Crippen LogP contribution in [0.1, 0.15) is 13.8 Å². The molecule has 0 saturated carbocycles. The van der Waals surface area contributed by atoms with Gasteiger partial charge in [-0.15, -0.1) is 0 Å². The highest BCUT2D eigenvalue weighted by Crippen LogP contribution is 2.23. The number of carbonyl (C=O) groups is 4. The van der Waals surface area contributed by atoms with Crippen LogP contribution in [0.4, 0.5) is 0 Å². The number of nitrogens with zero attached hydrogens (tertiary/aromatic N) is 1. The topological polar surface area (TPSA) is 119 Å². The number of aliphatic hydroxyl groups is 1. The number of cyclic esters (lactones) is 1. The number of carbonyl (C=O) groups excluding carboxylic acids is 4. The van der Waals surface area contributed by atoms with Crippen LogP contribution in [0.3, 0.4) is 0 Å². The maximum absolute atomic E-state index is 12.2.